The van der Waals surface area contributed by atoms with Gasteiger partial charge in [-0.25, -0.2) is 17.9 Å². The van der Waals surface area contributed by atoms with Gasteiger partial charge < -0.3 is 9.15 Å². The first-order chi connectivity index (χ1) is 12.8. The standard InChI is InChI=1S/C17H15BrN2O6S/c1-25-16(21)10-20-14-6-5-13(8-15(14)26-17(20)22)27(23,24)19-9-11-3-2-4-12(18)7-11/h2-8,19H,9-10H2,1H3. The lowest BCUT2D eigenvalue weighted by atomic mass is 10.2. The van der Waals surface area contributed by atoms with E-state index in [2.05, 4.69) is 25.4 Å². The van der Waals surface area contributed by atoms with Gasteiger partial charge >= 0.3 is 11.7 Å². The highest BCUT2D eigenvalue weighted by Gasteiger charge is 2.18. The molecule has 1 aromatic heterocycles. The molecule has 0 spiro atoms. The lowest BCUT2D eigenvalue weighted by molar-refractivity contribution is -0.141. The average Bonchev–Trinajstić information content (AvgIpc) is 2.94. The van der Waals surface area contributed by atoms with E-state index >= 15 is 0 Å². The number of oxazole rings is 1. The number of carbonyl (C=O) groups is 1. The second kappa shape index (κ2) is 7.67. The number of hydrogen-bond acceptors (Lipinski definition) is 6. The van der Waals surface area contributed by atoms with Gasteiger partial charge in [-0.05, 0) is 29.8 Å². The van der Waals surface area contributed by atoms with E-state index in [1.54, 1.807) is 18.2 Å². The van der Waals surface area contributed by atoms with Gasteiger partial charge in [0.15, 0.2) is 5.58 Å². The van der Waals surface area contributed by atoms with Crippen LogP contribution in [0.2, 0.25) is 0 Å². The quantitative estimate of drug-likeness (QED) is 0.570. The normalized spacial score (nSPS) is 11.6. The summed E-state index contributed by atoms with van der Waals surface area (Å²) in [5.41, 5.74) is 1.15. The van der Waals surface area contributed by atoms with Gasteiger partial charge in [-0.3, -0.25) is 9.36 Å². The minimum atomic E-state index is -3.82. The fraction of sp³-hybridized carbons (Fsp3) is 0.176. The number of rotatable bonds is 6. The summed E-state index contributed by atoms with van der Waals surface area (Å²) in [5, 5.41) is 0. The van der Waals surface area contributed by atoms with E-state index in [0.717, 1.165) is 14.6 Å². The zero-order valence-corrected chi connectivity index (χ0v) is 16.5. The van der Waals surface area contributed by atoms with Crippen molar-refractivity contribution in [1.29, 1.82) is 0 Å². The van der Waals surface area contributed by atoms with Crippen molar-refractivity contribution in [3.05, 3.63) is 63.1 Å². The number of methoxy groups -OCH3 is 1. The van der Waals surface area contributed by atoms with Crippen LogP contribution >= 0.6 is 15.9 Å². The van der Waals surface area contributed by atoms with E-state index in [1.807, 2.05) is 6.07 Å². The number of esters is 1. The van der Waals surface area contributed by atoms with Crippen molar-refractivity contribution >= 4 is 43.0 Å². The van der Waals surface area contributed by atoms with Crippen molar-refractivity contribution in [2.75, 3.05) is 7.11 Å². The first-order valence-corrected chi connectivity index (χ1v) is 10.0. The summed E-state index contributed by atoms with van der Waals surface area (Å²) < 4.78 is 39.1. The van der Waals surface area contributed by atoms with Crippen LogP contribution in [0.25, 0.3) is 11.1 Å². The molecule has 0 bridgehead atoms. The second-order valence-electron chi connectivity index (χ2n) is 5.61. The summed E-state index contributed by atoms with van der Waals surface area (Å²) in [4.78, 5) is 23.3. The van der Waals surface area contributed by atoms with Crippen LogP contribution in [-0.2, 0) is 32.6 Å². The van der Waals surface area contributed by atoms with E-state index in [1.165, 1.54) is 25.3 Å². The van der Waals surface area contributed by atoms with E-state index in [4.69, 9.17) is 4.42 Å². The molecule has 0 aliphatic carbocycles. The van der Waals surface area contributed by atoms with Crippen LogP contribution in [-0.4, -0.2) is 26.1 Å². The van der Waals surface area contributed by atoms with Gasteiger partial charge in [0.1, 0.15) is 6.54 Å². The van der Waals surface area contributed by atoms with Crippen LogP contribution in [0, 0.1) is 0 Å². The molecule has 1 heterocycles. The third kappa shape index (κ3) is 4.29. The zero-order chi connectivity index (χ0) is 19.6. The highest BCUT2D eigenvalue weighted by atomic mass is 79.9. The molecule has 0 saturated carbocycles. The molecule has 0 atom stereocenters. The first kappa shape index (κ1) is 19.3. The van der Waals surface area contributed by atoms with Crippen LogP contribution in [0.15, 0.2) is 61.0 Å². The van der Waals surface area contributed by atoms with Crippen LogP contribution in [0.1, 0.15) is 5.56 Å². The fourth-order valence-electron chi connectivity index (χ4n) is 2.47. The number of halogens is 1. The van der Waals surface area contributed by atoms with Gasteiger partial charge in [0, 0.05) is 17.1 Å². The Balaban J connectivity index is 1.87. The first-order valence-electron chi connectivity index (χ1n) is 7.74. The maximum atomic E-state index is 12.5. The number of sulfonamides is 1. The minimum absolute atomic E-state index is 0.0519. The Morgan fingerprint density at radius 2 is 2.04 bits per heavy atom. The predicted octanol–water partition coefficient (Wildman–Crippen LogP) is 2.01. The van der Waals surface area contributed by atoms with Gasteiger partial charge in [-0.1, -0.05) is 28.1 Å². The fourth-order valence-corrected chi connectivity index (χ4v) is 3.95. The molecule has 8 nitrogen and oxygen atoms in total. The molecule has 0 radical (unpaired) electrons. The van der Waals surface area contributed by atoms with Crippen molar-refractivity contribution in [3.8, 4) is 0 Å². The molecule has 0 saturated heterocycles. The third-order valence-corrected chi connectivity index (χ3v) is 5.71. The largest absolute Gasteiger partial charge is 0.468 e. The molecule has 2 aromatic carbocycles. The Hall–Kier alpha value is -2.43. The van der Waals surface area contributed by atoms with E-state index in [9.17, 15) is 18.0 Å². The molecule has 0 aliphatic rings. The van der Waals surface area contributed by atoms with Crippen LogP contribution in [0.4, 0.5) is 0 Å². The van der Waals surface area contributed by atoms with Gasteiger partial charge in [-0.15, -0.1) is 0 Å². The lowest BCUT2D eigenvalue weighted by Gasteiger charge is -2.07. The van der Waals surface area contributed by atoms with Crippen molar-refractivity contribution in [2.45, 2.75) is 18.0 Å². The van der Waals surface area contributed by atoms with Crippen molar-refractivity contribution in [3.63, 3.8) is 0 Å². The lowest BCUT2D eigenvalue weighted by Crippen LogP contribution is -2.23. The Kier molecular flexibility index (Phi) is 5.49. The molecule has 10 heteroatoms. The SMILES string of the molecule is COC(=O)Cn1c(=O)oc2cc(S(=O)(=O)NCc3cccc(Br)c3)ccc21. The Labute approximate surface area is 162 Å². The number of ether oxygens (including phenoxy) is 1. The van der Waals surface area contributed by atoms with Crippen LogP contribution < -0.4 is 10.5 Å². The Morgan fingerprint density at radius 3 is 2.74 bits per heavy atom. The van der Waals surface area contributed by atoms with Crippen molar-refractivity contribution in [2.24, 2.45) is 0 Å². The average molecular weight is 455 g/mol. The molecule has 142 valence electrons. The zero-order valence-electron chi connectivity index (χ0n) is 14.1. The summed E-state index contributed by atoms with van der Waals surface area (Å²) in [6.45, 7) is -0.220. The van der Waals surface area contributed by atoms with Gasteiger partial charge in [0.05, 0.1) is 17.5 Å². The number of nitrogens with one attached hydrogen (secondary N) is 1. The van der Waals surface area contributed by atoms with Crippen LogP contribution in [0.3, 0.4) is 0 Å². The minimum Gasteiger partial charge on any atom is -0.468 e. The number of hydrogen-bond donors (Lipinski definition) is 1. The number of fused-ring (bicyclic) bond motifs is 1. The van der Waals surface area contributed by atoms with Gasteiger partial charge in [0.25, 0.3) is 0 Å². The predicted molar refractivity (Wildman–Crippen MR) is 101 cm³/mol. The molecular weight excluding hydrogens is 440 g/mol. The Bertz CT molecular complexity index is 1170. The topological polar surface area (TPSA) is 108 Å². The Morgan fingerprint density at radius 1 is 1.26 bits per heavy atom. The number of aromatic nitrogens is 1. The molecule has 1 N–H and O–H groups in total. The molecule has 3 rings (SSSR count). The van der Waals surface area contributed by atoms with E-state index in [-0.39, 0.29) is 23.6 Å². The molecule has 0 unspecified atom stereocenters. The van der Waals surface area contributed by atoms with Gasteiger partial charge in [0.2, 0.25) is 10.0 Å². The summed E-state index contributed by atoms with van der Waals surface area (Å²) in [6.07, 6.45) is 0. The molecule has 0 aliphatic heterocycles. The number of nitrogens with zero attached hydrogens (tertiary/aromatic N) is 1. The summed E-state index contributed by atoms with van der Waals surface area (Å²) >= 11 is 3.33. The van der Waals surface area contributed by atoms with Crippen molar-refractivity contribution in [1.82, 2.24) is 9.29 Å². The number of benzene rings is 2. The summed E-state index contributed by atoms with van der Waals surface area (Å²) in [7, 11) is -2.62. The highest BCUT2D eigenvalue weighted by Crippen LogP contribution is 2.19. The molecule has 0 fully saturated rings. The maximum absolute atomic E-state index is 12.5. The van der Waals surface area contributed by atoms with Crippen molar-refractivity contribution < 1.29 is 22.4 Å². The monoisotopic (exact) mass is 454 g/mol. The molecule has 27 heavy (non-hydrogen) atoms. The van der Waals surface area contributed by atoms with Gasteiger partial charge in [-0.2, -0.15) is 0 Å². The summed E-state index contributed by atoms with van der Waals surface area (Å²) in [6, 6.07) is 11.2. The maximum Gasteiger partial charge on any atom is 0.420 e. The smallest absolute Gasteiger partial charge is 0.420 e. The number of carbonyl (C=O) groups excluding carboxylic acids is 1. The van der Waals surface area contributed by atoms with E-state index < -0.39 is 21.7 Å². The molecular formula is C17H15BrN2O6S. The third-order valence-electron chi connectivity index (χ3n) is 3.82. The molecule has 3 aromatic rings. The molecule has 0 amide bonds. The van der Waals surface area contributed by atoms with Crippen LogP contribution in [0.5, 0.6) is 0 Å². The second-order valence-corrected chi connectivity index (χ2v) is 8.30. The highest BCUT2D eigenvalue weighted by molar-refractivity contribution is 9.10. The summed E-state index contributed by atoms with van der Waals surface area (Å²) in [5.74, 6) is -1.39. The van der Waals surface area contributed by atoms with E-state index in [0.29, 0.717) is 5.52 Å².